The quantitative estimate of drug-likeness (QED) is 0.462. The summed E-state index contributed by atoms with van der Waals surface area (Å²) in [6, 6.07) is 6.22. The number of sulfone groups is 1. The number of nitrogens with two attached hydrogens (primary N) is 1. The third-order valence-corrected chi connectivity index (χ3v) is 4.84. The maximum absolute atomic E-state index is 11.8. The van der Waals surface area contributed by atoms with Crippen LogP contribution < -0.4 is 21.7 Å². The highest BCUT2D eigenvalue weighted by Crippen LogP contribution is 2.24. The number of hydrogen-bond donors (Lipinski definition) is 4. The Morgan fingerprint density at radius 1 is 1.19 bits per heavy atom. The first-order valence-electron chi connectivity index (χ1n) is 8.42. The van der Waals surface area contributed by atoms with Crippen LogP contribution in [0.5, 0.6) is 0 Å². The summed E-state index contributed by atoms with van der Waals surface area (Å²) in [7, 11) is -1.53. The molecule has 0 unspecified atom stereocenters. The van der Waals surface area contributed by atoms with E-state index in [4.69, 9.17) is 5.73 Å². The molecule has 5 N–H and O–H groups in total. The largest absolute Gasteiger partial charge is 0.367 e. The molecular formula is C17H24N6O3S. The third-order valence-electron chi connectivity index (χ3n) is 3.73. The van der Waals surface area contributed by atoms with Crippen LogP contribution in [0, 0.1) is 0 Å². The van der Waals surface area contributed by atoms with Gasteiger partial charge in [-0.25, -0.2) is 18.4 Å². The molecule has 0 fully saturated rings. The van der Waals surface area contributed by atoms with E-state index in [0.29, 0.717) is 30.2 Å². The number of primary amides is 1. The SMILES string of the molecule is CCc1nc(C(N)=O)c(Nc2cccc(S(C)(=O)=O)c2)nc1NCCNC. The Hall–Kier alpha value is -2.72. The third kappa shape index (κ3) is 5.38. The molecule has 0 bridgehead atoms. The van der Waals surface area contributed by atoms with Crippen LogP contribution in [0.3, 0.4) is 0 Å². The molecule has 2 aromatic rings. The van der Waals surface area contributed by atoms with E-state index in [9.17, 15) is 13.2 Å². The molecule has 0 atom stereocenters. The Kier molecular flexibility index (Phi) is 6.70. The van der Waals surface area contributed by atoms with Crippen molar-refractivity contribution >= 4 is 33.1 Å². The van der Waals surface area contributed by atoms with Crippen LogP contribution in [0.2, 0.25) is 0 Å². The predicted octanol–water partition coefficient (Wildman–Crippen LogP) is 0.916. The van der Waals surface area contributed by atoms with Gasteiger partial charge < -0.3 is 21.7 Å². The van der Waals surface area contributed by atoms with Crippen molar-refractivity contribution in [2.75, 3.05) is 37.0 Å². The van der Waals surface area contributed by atoms with Crippen LogP contribution in [-0.2, 0) is 16.3 Å². The average Bonchev–Trinajstić information content (AvgIpc) is 2.61. The molecule has 0 saturated carbocycles. The lowest BCUT2D eigenvalue weighted by molar-refractivity contribution is 0.0996. The minimum atomic E-state index is -3.36. The van der Waals surface area contributed by atoms with E-state index >= 15 is 0 Å². The zero-order valence-corrected chi connectivity index (χ0v) is 16.4. The minimum Gasteiger partial charge on any atom is -0.367 e. The van der Waals surface area contributed by atoms with E-state index < -0.39 is 15.7 Å². The van der Waals surface area contributed by atoms with Gasteiger partial charge in [0.05, 0.1) is 10.6 Å². The smallest absolute Gasteiger partial charge is 0.271 e. The molecule has 0 aliphatic heterocycles. The fourth-order valence-corrected chi connectivity index (χ4v) is 3.03. The highest BCUT2D eigenvalue weighted by atomic mass is 32.2. The van der Waals surface area contributed by atoms with E-state index in [1.807, 2.05) is 14.0 Å². The van der Waals surface area contributed by atoms with Crippen molar-refractivity contribution in [2.24, 2.45) is 5.73 Å². The molecule has 1 heterocycles. The first kappa shape index (κ1) is 20.6. The van der Waals surface area contributed by atoms with Crippen molar-refractivity contribution < 1.29 is 13.2 Å². The lowest BCUT2D eigenvalue weighted by Crippen LogP contribution is -2.22. The van der Waals surface area contributed by atoms with Gasteiger partial charge in [0.25, 0.3) is 5.91 Å². The van der Waals surface area contributed by atoms with E-state index in [0.717, 1.165) is 12.8 Å². The molecule has 1 aromatic carbocycles. The zero-order chi connectivity index (χ0) is 20.0. The van der Waals surface area contributed by atoms with Crippen molar-refractivity contribution in [3.63, 3.8) is 0 Å². The van der Waals surface area contributed by atoms with Gasteiger partial charge in [-0.2, -0.15) is 0 Å². The number of hydrogen-bond acceptors (Lipinski definition) is 8. The lowest BCUT2D eigenvalue weighted by Gasteiger charge is -2.15. The summed E-state index contributed by atoms with van der Waals surface area (Å²) in [6.07, 6.45) is 1.69. The molecule has 1 aromatic heterocycles. The predicted molar refractivity (Wildman–Crippen MR) is 105 cm³/mol. The van der Waals surface area contributed by atoms with E-state index in [1.165, 1.54) is 12.1 Å². The number of benzene rings is 1. The number of nitrogens with one attached hydrogen (secondary N) is 3. The Morgan fingerprint density at radius 2 is 1.93 bits per heavy atom. The number of anilines is 3. The van der Waals surface area contributed by atoms with Gasteiger partial charge in [-0.05, 0) is 31.7 Å². The molecule has 0 saturated heterocycles. The zero-order valence-electron chi connectivity index (χ0n) is 15.5. The van der Waals surface area contributed by atoms with Gasteiger partial charge in [-0.15, -0.1) is 0 Å². The number of nitrogens with zero attached hydrogens (tertiary/aromatic N) is 2. The molecule has 0 aliphatic rings. The summed E-state index contributed by atoms with van der Waals surface area (Å²) in [4.78, 5) is 20.8. The summed E-state index contributed by atoms with van der Waals surface area (Å²) >= 11 is 0. The topological polar surface area (TPSA) is 139 Å². The van der Waals surface area contributed by atoms with E-state index in [2.05, 4.69) is 25.9 Å². The van der Waals surface area contributed by atoms with Crippen molar-refractivity contribution in [1.29, 1.82) is 0 Å². The van der Waals surface area contributed by atoms with Crippen LogP contribution in [0.4, 0.5) is 17.3 Å². The Labute approximate surface area is 158 Å². The van der Waals surface area contributed by atoms with Gasteiger partial charge >= 0.3 is 0 Å². The van der Waals surface area contributed by atoms with Gasteiger partial charge in [0, 0.05) is 25.0 Å². The second kappa shape index (κ2) is 8.78. The van der Waals surface area contributed by atoms with Crippen LogP contribution in [-0.4, -0.2) is 50.7 Å². The minimum absolute atomic E-state index is 0.00391. The van der Waals surface area contributed by atoms with Gasteiger partial charge in [0.1, 0.15) is 5.82 Å². The fourth-order valence-electron chi connectivity index (χ4n) is 2.36. The Morgan fingerprint density at radius 3 is 2.52 bits per heavy atom. The molecule has 0 aliphatic carbocycles. The van der Waals surface area contributed by atoms with Crippen LogP contribution in [0.15, 0.2) is 29.2 Å². The second-order valence-corrected chi connectivity index (χ2v) is 7.90. The summed E-state index contributed by atoms with van der Waals surface area (Å²) in [5.74, 6) is -0.0161. The first-order valence-corrected chi connectivity index (χ1v) is 10.3. The number of carbonyl (C=O) groups excluding carboxylic acids is 1. The molecule has 1 amide bonds. The molecule has 9 nitrogen and oxygen atoms in total. The number of rotatable bonds is 9. The fraction of sp³-hybridized carbons (Fsp3) is 0.353. The van der Waals surface area contributed by atoms with Crippen LogP contribution in [0.1, 0.15) is 23.1 Å². The number of likely N-dealkylation sites (N-methyl/N-ethyl adjacent to an activating group) is 1. The molecule has 0 spiro atoms. The summed E-state index contributed by atoms with van der Waals surface area (Å²) in [5.41, 5.74) is 6.53. The maximum Gasteiger partial charge on any atom is 0.271 e. The number of aryl methyl sites for hydroxylation is 1. The molecule has 27 heavy (non-hydrogen) atoms. The van der Waals surface area contributed by atoms with Crippen molar-refractivity contribution in [3.8, 4) is 0 Å². The van der Waals surface area contributed by atoms with Crippen molar-refractivity contribution in [3.05, 3.63) is 35.7 Å². The number of aromatic nitrogens is 2. The number of amides is 1. The highest BCUT2D eigenvalue weighted by molar-refractivity contribution is 7.90. The van der Waals surface area contributed by atoms with Crippen molar-refractivity contribution in [1.82, 2.24) is 15.3 Å². The molecule has 2 rings (SSSR count). The maximum atomic E-state index is 11.8. The van der Waals surface area contributed by atoms with Crippen molar-refractivity contribution in [2.45, 2.75) is 18.2 Å². The van der Waals surface area contributed by atoms with Gasteiger partial charge in [-0.1, -0.05) is 13.0 Å². The summed E-state index contributed by atoms with van der Waals surface area (Å²) < 4.78 is 23.5. The number of carbonyl (C=O) groups is 1. The molecular weight excluding hydrogens is 368 g/mol. The van der Waals surface area contributed by atoms with Gasteiger partial charge in [0.2, 0.25) is 0 Å². The molecule has 146 valence electrons. The van der Waals surface area contributed by atoms with E-state index in [-0.39, 0.29) is 16.4 Å². The Bertz CT molecular complexity index is 930. The van der Waals surface area contributed by atoms with E-state index in [1.54, 1.807) is 12.1 Å². The monoisotopic (exact) mass is 392 g/mol. The molecule has 10 heteroatoms. The van der Waals surface area contributed by atoms with Crippen LogP contribution >= 0.6 is 0 Å². The van der Waals surface area contributed by atoms with Gasteiger partial charge in [0.15, 0.2) is 21.3 Å². The second-order valence-electron chi connectivity index (χ2n) is 5.89. The lowest BCUT2D eigenvalue weighted by atomic mass is 10.2. The summed E-state index contributed by atoms with van der Waals surface area (Å²) in [6.45, 7) is 3.25. The highest BCUT2D eigenvalue weighted by Gasteiger charge is 2.17. The summed E-state index contributed by atoms with van der Waals surface area (Å²) in [5, 5.41) is 9.15. The Balaban J connectivity index is 2.44. The standard InChI is InChI=1S/C17H24N6O3S/c1-4-13-16(20-9-8-19-2)23-17(14(22-13)15(18)24)21-11-6-5-7-12(10-11)27(3,25)26/h5-7,10,19H,4,8-9H2,1-3H3,(H2,18,24)(H2,20,21,23). The normalized spacial score (nSPS) is 11.2. The molecule has 0 radical (unpaired) electrons. The van der Waals surface area contributed by atoms with Gasteiger partial charge in [-0.3, -0.25) is 4.79 Å². The van der Waals surface area contributed by atoms with Crippen LogP contribution in [0.25, 0.3) is 0 Å². The average molecular weight is 392 g/mol. The first-order chi connectivity index (χ1) is 12.8.